The van der Waals surface area contributed by atoms with Gasteiger partial charge in [-0.25, -0.2) is 0 Å². The number of hydrogen-bond acceptors (Lipinski definition) is 3. The number of carbonyl (C=O) groups excluding carboxylic acids is 1. The van der Waals surface area contributed by atoms with Crippen molar-refractivity contribution in [2.75, 3.05) is 6.54 Å². The maximum Gasteiger partial charge on any atom is 0.183 e. The van der Waals surface area contributed by atoms with E-state index in [1.807, 2.05) is 0 Å². The molecule has 0 bridgehead atoms. The molecule has 0 spiro atoms. The van der Waals surface area contributed by atoms with Gasteiger partial charge < -0.3 is 10.4 Å². The Labute approximate surface area is 103 Å². The van der Waals surface area contributed by atoms with E-state index in [9.17, 15) is 9.90 Å². The molecular weight excluding hydrogens is 249 g/mol. The molecule has 1 aromatic carbocycles. The summed E-state index contributed by atoms with van der Waals surface area (Å²) < 4.78 is 0. The number of phenols is 1. The molecule has 0 aliphatic carbocycles. The average molecular weight is 260 g/mol. The average Bonchev–Trinajstić information content (AvgIpc) is 2.75. The van der Waals surface area contributed by atoms with E-state index >= 15 is 0 Å². The second-order valence-electron chi connectivity index (χ2n) is 3.80. The number of ketones is 1. The van der Waals surface area contributed by atoms with Gasteiger partial charge in [-0.05, 0) is 25.5 Å². The van der Waals surface area contributed by atoms with Crippen LogP contribution in [0.1, 0.15) is 23.2 Å². The Morgan fingerprint density at radius 3 is 2.69 bits per heavy atom. The van der Waals surface area contributed by atoms with Crippen molar-refractivity contribution < 1.29 is 9.90 Å². The summed E-state index contributed by atoms with van der Waals surface area (Å²) in [5.41, 5.74) is 0.230. The van der Waals surface area contributed by atoms with Gasteiger partial charge in [-0.15, -0.1) is 0 Å². The highest BCUT2D eigenvalue weighted by molar-refractivity contribution is 6.42. The highest BCUT2D eigenvalue weighted by Crippen LogP contribution is 2.31. The molecule has 3 nitrogen and oxygen atoms in total. The van der Waals surface area contributed by atoms with Crippen LogP contribution in [0.5, 0.6) is 5.75 Å². The first-order chi connectivity index (χ1) is 7.59. The van der Waals surface area contributed by atoms with Crippen LogP contribution in [0.3, 0.4) is 0 Å². The lowest BCUT2D eigenvalue weighted by Crippen LogP contribution is -2.30. The zero-order valence-corrected chi connectivity index (χ0v) is 9.98. The Morgan fingerprint density at radius 2 is 2.06 bits per heavy atom. The molecule has 0 saturated carbocycles. The molecule has 1 heterocycles. The number of nitrogens with one attached hydrogen (secondary N) is 1. The van der Waals surface area contributed by atoms with Crippen molar-refractivity contribution in [1.29, 1.82) is 0 Å². The molecule has 0 amide bonds. The number of aromatic hydroxyl groups is 1. The van der Waals surface area contributed by atoms with Crippen molar-refractivity contribution in [1.82, 2.24) is 5.32 Å². The Bertz CT molecular complexity index is 428. The highest BCUT2D eigenvalue weighted by atomic mass is 35.5. The summed E-state index contributed by atoms with van der Waals surface area (Å²) >= 11 is 11.6. The van der Waals surface area contributed by atoms with Crippen LogP contribution in [0.2, 0.25) is 10.0 Å². The molecule has 1 aromatic rings. The summed E-state index contributed by atoms with van der Waals surface area (Å²) in [5, 5.41) is 13.3. The van der Waals surface area contributed by atoms with E-state index in [2.05, 4.69) is 5.32 Å². The van der Waals surface area contributed by atoms with Gasteiger partial charge in [0.05, 0.1) is 21.7 Å². The lowest BCUT2D eigenvalue weighted by Gasteiger charge is -2.11. The number of phenolic OH excluding ortho intramolecular Hbond substituents is 1. The summed E-state index contributed by atoms with van der Waals surface area (Å²) in [6.07, 6.45) is 1.76. The van der Waals surface area contributed by atoms with E-state index in [0.29, 0.717) is 0 Å². The van der Waals surface area contributed by atoms with Gasteiger partial charge in [-0.1, -0.05) is 23.2 Å². The van der Waals surface area contributed by atoms with E-state index < -0.39 is 0 Å². The molecule has 5 heteroatoms. The molecule has 2 N–H and O–H groups in total. The van der Waals surface area contributed by atoms with E-state index in [1.165, 1.54) is 12.1 Å². The van der Waals surface area contributed by atoms with Crippen molar-refractivity contribution in [3.05, 3.63) is 27.7 Å². The van der Waals surface area contributed by atoms with Crippen molar-refractivity contribution >= 4 is 29.0 Å². The minimum absolute atomic E-state index is 0.118. The molecule has 1 atom stereocenters. The van der Waals surface area contributed by atoms with Crippen LogP contribution in [0.25, 0.3) is 0 Å². The summed E-state index contributed by atoms with van der Waals surface area (Å²) in [7, 11) is 0. The predicted molar refractivity (Wildman–Crippen MR) is 63.5 cm³/mol. The number of rotatable bonds is 2. The number of halogens is 2. The third-order valence-electron chi connectivity index (χ3n) is 2.68. The van der Waals surface area contributed by atoms with E-state index in [-0.39, 0.29) is 33.2 Å². The first-order valence-corrected chi connectivity index (χ1v) is 5.81. The van der Waals surface area contributed by atoms with Crippen LogP contribution < -0.4 is 5.32 Å². The lowest BCUT2D eigenvalue weighted by atomic mass is 10.0. The lowest BCUT2D eigenvalue weighted by molar-refractivity contribution is 0.0949. The van der Waals surface area contributed by atoms with Crippen molar-refractivity contribution in [3.63, 3.8) is 0 Å². The SMILES string of the molecule is O=C(c1cc(Cl)c(Cl)cc1O)C1CCCN1. The quantitative estimate of drug-likeness (QED) is 0.803. The first-order valence-electron chi connectivity index (χ1n) is 5.05. The van der Waals surface area contributed by atoms with Gasteiger partial charge in [0.1, 0.15) is 5.75 Å². The van der Waals surface area contributed by atoms with Crippen molar-refractivity contribution in [2.24, 2.45) is 0 Å². The zero-order valence-electron chi connectivity index (χ0n) is 8.46. The number of carbonyl (C=O) groups is 1. The largest absolute Gasteiger partial charge is 0.507 e. The standard InChI is InChI=1S/C11H11Cl2NO2/c12-7-4-6(10(15)5-8(7)13)11(16)9-2-1-3-14-9/h4-5,9,14-15H,1-3H2. The summed E-state index contributed by atoms with van der Waals surface area (Å²) in [6.45, 7) is 0.832. The Morgan fingerprint density at radius 1 is 1.38 bits per heavy atom. The molecule has 0 radical (unpaired) electrons. The maximum absolute atomic E-state index is 12.0. The molecule has 2 rings (SSSR count). The predicted octanol–water partition coefficient (Wildman–Crippen LogP) is 2.63. The van der Waals surface area contributed by atoms with Crippen LogP contribution in [0.4, 0.5) is 0 Å². The van der Waals surface area contributed by atoms with E-state index in [4.69, 9.17) is 23.2 Å². The fourth-order valence-electron chi connectivity index (χ4n) is 1.83. The second-order valence-corrected chi connectivity index (χ2v) is 4.61. The third kappa shape index (κ3) is 2.17. The zero-order chi connectivity index (χ0) is 11.7. The molecule has 1 aliphatic rings. The van der Waals surface area contributed by atoms with Gasteiger partial charge in [-0.2, -0.15) is 0 Å². The number of Topliss-reactive ketones (excluding diaryl/α,β-unsaturated/α-hetero) is 1. The second kappa shape index (κ2) is 4.62. The molecule has 1 fully saturated rings. The van der Waals surface area contributed by atoms with Gasteiger partial charge in [-0.3, -0.25) is 4.79 Å². The van der Waals surface area contributed by atoms with Crippen molar-refractivity contribution in [2.45, 2.75) is 18.9 Å². The number of hydrogen-bond donors (Lipinski definition) is 2. The topological polar surface area (TPSA) is 49.3 Å². The molecular formula is C11H11Cl2NO2. The van der Waals surface area contributed by atoms with Crippen LogP contribution in [0, 0.1) is 0 Å². The fraction of sp³-hybridized carbons (Fsp3) is 0.364. The van der Waals surface area contributed by atoms with Crippen molar-refractivity contribution in [3.8, 4) is 5.75 Å². The van der Waals surface area contributed by atoms with Crippen LogP contribution in [-0.4, -0.2) is 23.5 Å². The Kier molecular flexibility index (Phi) is 3.38. The van der Waals surface area contributed by atoms with E-state index in [1.54, 1.807) is 0 Å². The van der Waals surface area contributed by atoms with Crippen LogP contribution in [0.15, 0.2) is 12.1 Å². The normalized spacial score (nSPS) is 20.0. The summed E-state index contributed by atoms with van der Waals surface area (Å²) in [6, 6.07) is 2.50. The Hall–Kier alpha value is -0.770. The maximum atomic E-state index is 12.0. The molecule has 1 saturated heterocycles. The first kappa shape index (κ1) is 11.7. The van der Waals surface area contributed by atoms with Gasteiger partial charge in [0.25, 0.3) is 0 Å². The molecule has 86 valence electrons. The third-order valence-corrected chi connectivity index (χ3v) is 3.40. The van der Waals surface area contributed by atoms with Gasteiger partial charge in [0, 0.05) is 6.07 Å². The highest BCUT2D eigenvalue weighted by Gasteiger charge is 2.25. The monoisotopic (exact) mass is 259 g/mol. The van der Waals surface area contributed by atoms with Gasteiger partial charge in [0.15, 0.2) is 5.78 Å². The van der Waals surface area contributed by atoms with E-state index in [0.717, 1.165) is 19.4 Å². The minimum atomic E-state index is -0.219. The Balaban J connectivity index is 2.32. The molecule has 1 unspecified atom stereocenters. The smallest absolute Gasteiger partial charge is 0.183 e. The number of benzene rings is 1. The van der Waals surface area contributed by atoms with Crippen LogP contribution >= 0.6 is 23.2 Å². The van der Waals surface area contributed by atoms with Gasteiger partial charge >= 0.3 is 0 Å². The van der Waals surface area contributed by atoms with Gasteiger partial charge in [0.2, 0.25) is 0 Å². The molecule has 0 aromatic heterocycles. The van der Waals surface area contributed by atoms with Crippen LogP contribution in [-0.2, 0) is 0 Å². The summed E-state index contributed by atoms with van der Waals surface area (Å²) in [5.74, 6) is -0.248. The fourth-order valence-corrected chi connectivity index (χ4v) is 2.15. The molecule has 16 heavy (non-hydrogen) atoms. The molecule has 1 aliphatic heterocycles. The summed E-state index contributed by atoms with van der Waals surface area (Å²) in [4.78, 5) is 12.0. The minimum Gasteiger partial charge on any atom is -0.507 e.